The fourth-order valence-corrected chi connectivity index (χ4v) is 2.76. The van der Waals surface area contributed by atoms with Crippen molar-refractivity contribution in [2.24, 2.45) is 0 Å². The topological polar surface area (TPSA) is 72.3 Å². The summed E-state index contributed by atoms with van der Waals surface area (Å²) >= 11 is 1.43. The van der Waals surface area contributed by atoms with Gasteiger partial charge in [-0.3, -0.25) is 0 Å². The molecule has 5 nitrogen and oxygen atoms in total. The van der Waals surface area contributed by atoms with Crippen LogP contribution in [0.3, 0.4) is 0 Å². The lowest BCUT2D eigenvalue weighted by molar-refractivity contribution is 0.0690. The van der Waals surface area contributed by atoms with E-state index in [1.165, 1.54) is 11.8 Å². The summed E-state index contributed by atoms with van der Waals surface area (Å²) in [6.07, 6.45) is 2.22. The molecule has 1 N–H and O–H groups in total. The highest BCUT2D eigenvalue weighted by Crippen LogP contribution is 2.25. The summed E-state index contributed by atoms with van der Waals surface area (Å²) in [4.78, 5) is 11.5. The number of hydrogen-bond donors (Lipinski definition) is 1. The van der Waals surface area contributed by atoms with Gasteiger partial charge in [0, 0.05) is 19.5 Å². The molecule has 0 fully saturated rings. The zero-order chi connectivity index (χ0) is 14.3. The summed E-state index contributed by atoms with van der Waals surface area (Å²) in [5.41, 5.74) is 1.90. The Morgan fingerprint density at radius 3 is 2.58 bits per heavy atom. The van der Waals surface area contributed by atoms with Crippen LogP contribution in [-0.2, 0) is 17.6 Å². The van der Waals surface area contributed by atoms with Gasteiger partial charge in [0.05, 0.1) is 11.3 Å². The van der Waals surface area contributed by atoms with Crippen LogP contribution in [0.5, 0.6) is 0 Å². The number of aryl methyl sites for hydroxylation is 1. The second-order valence-electron chi connectivity index (χ2n) is 4.01. The monoisotopic (exact) mass is 284 g/mol. The summed E-state index contributed by atoms with van der Waals surface area (Å²) in [6.45, 7) is 4.57. The Kier molecular flexibility index (Phi) is 6.80. The first-order chi connectivity index (χ1) is 9.15. The summed E-state index contributed by atoms with van der Waals surface area (Å²) < 4.78 is 4.97. The third-order valence-corrected chi connectivity index (χ3v) is 3.81. The summed E-state index contributed by atoms with van der Waals surface area (Å²) in [5, 5.41) is 18.1. The van der Waals surface area contributed by atoms with Crippen molar-refractivity contribution in [1.82, 2.24) is 10.2 Å². The predicted molar refractivity (Wildman–Crippen MR) is 75.0 cm³/mol. The number of rotatable bonds is 8. The van der Waals surface area contributed by atoms with Gasteiger partial charge in [-0.15, -0.1) is 16.9 Å². The lowest BCUT2D eigenvalue weighted by atomic mass is 10.0. The second kappa shape index (κ2) is 8.12. The molecule has 0 aliphatic carbocycles. The molecule has 0 saturated carbocycles. The maximum absolute atomic E-state index is 11.5. The van der Waals surface area contributed by atoms with Crippen LogP contribution < -0.4 is 0 Å². The molecule has 0 aromatic carbocycles. The molecular weight excluding hydrogens is 264 g/mol. The summed E-state index contributed by atoms with van der Waals surface area (Å²) in [6, 6.07) is 0. The minimum atomic E-state index is -0.921. The van der Waals surface area contributed by atoms with Crippen molar-refractivity contribution in [2.75, 3.05) is 19.5 Å². The number of carbonyl (C=O) groups is 1. The Bertz CT molecular complexity index is 438. The van der Waals surface area contributed by atoms with Crippen molar-refractivity contribution in [3.05, 3.63) is 16.8 Å². The van der Waals surface area contributed by atoms with Crippen molar-refractivity contribution in [2.45, 2.75) is 38.1 Å². The van der Waals surface area contributed by atoms with E-state index in [0.717, 1.165) is 23.4 Å². The molecule has 0 bridgehead atoms. The van der Waals surface area contributed by atoms with Crippen LogP contribution in [0, 0.1) is 0 Å². The minimum absolute atomic E-state index is 0.316. The van der Waals surface area contributed by atoms with E-state index in [1.54, 1.807) is 7.11 Å². The van der Waals surface area contributed by atoms with E-state index >= 15 is 0 Å². The molecule has 1 aromatic heterocycles. The first kappa shape index (κ1) is 15.9. The molecule has 0 spiro atoms. The molecule has 1 aromatic rings. The van der Waals surface area contributed by atoms with E-state index in [0.29, 0.717) is 30.0 Å². The summed E-state index contributed by atoms with van der Waals surface area (Å²) in [5.74, 6) is -0.145. The normalized spacial score (nSPS) is 10.7. The Labute approximate surface area is 117 Å². The Hall–Kier alpha value is -1.14. The first-order valence-corrected chi connectivity index (χ1v) is 7.37. The Balaban J connectivity index is 3.00. The fourth-order valence-electron chi connectivity index (χ4n) is 1.85. The van der Waals surface area contributed by atoms with Gasteiger partial charge in [-0.2, -0.15) is 5.10 Å². The molecule has 0 atom stereocenters. The van der Waals surface area contributed by atoms with E-state index < -0.39 is 5.97 Å². The largest absolute Gasteiger partial charge is 0.478 e. The van der Waals surface area contributed by atoms with E-state index in [4.69, 9.17) is 4.74 Å². The Morgan fingerprint density at radius 1 is 1.32 bits per heavy atom. The van der Waals surface area contributed by atoms with Gasteiger partial charge in [0.2, 0.25) is 0 Å². The number of thioether (sulfide) groups is 1. The molecule has 0 saturated heterocycles. The Morgan fingerprint density at radius 2 is 2.05 bits per heavy atom. The van der Waals surface area contributed by atoms with E-state index in [2.05, 4.69) is 10.2 Å². The number of methoxy groups -OCH3 is 1. The highest BCUT2D eigenvalue weighted by atomic mass is 32.2. The zero-order valence-electron chi connectivity index (χ0n) is 11.6. The third kappa shape index (κ3) is 4.18. The number of carboxylic acid groups (broad SMARTS) is 1. The van der Waals surface area contributed by atoms with Crippen LogP contribution in [0.1, 0.15) is 41.9 Å². The zero-order valence-corrected chi connectivity index (χ0v) is 12.4. The van der Waals surface area contributed by atoms with Gasteiger partial charge in [-0.25, -0.2) is 4.79 Å². The first-order valence-electron chi connectivity index (χ1n) is 6.39. The van der Waals surface area contributed by atoms with Crippen LogP contribution in [0.25, 0.3) is 0 Å². The SMILES string of the molecule is CCc1nnc(SCCCOC)c(C(=O)O)c1CC. The van der Waals surface area contributed by atoms with Gasteiger partial charge >= 0.3 is 5.97 Å². The minimum Gasteiger partial charge on any atom is -0.478 e. The molecule has 0 unspecified atom stereocenters. The number of nitrogens with zero attached hydrogens (tertiary/aromatic N) is 2. The number of ether oxygens (including phenoxy) is 1. The maximum Gasteiger partial charge on any atom is 0.338 e. The van der Waals surface area contributed by atoms with E-state index in [-0.39, 0.29) is 0 Å². The molecule has 1 heterocycles. The van der Waals surface area contributed by atoms with Gasteiger partial charge < -0.3 is 9.84 Å². The molecule has 0 aliphatic heterocycles. The lowest BCUT2D eigenvalue weighted by Crippen LogP contribution is -2.11. The van der Waals surface area contributed by atoms with Crippen molar-refractivity contribution < 1.29 is 14.6 Å². The second-order valence-corrected chi connectivity index (χ2v) is 5.10. The van der Waals surface area contributed by atoms with Crippen LogP contribution >= 0.6 is 11.8 Å². The quantitative estimate of drug-likeness (QED) is 0.584. The van der Waals surface area contributed by atoms with Gasteiger partial charge in [-0.1, -0.05) is 13.8 Å². The molecule has 0 radical (unpaired) electrons. The lowest BCUT2D eigenvalue weighted by Gasteiger charge is -2.11. The van der Waals surface area contributed by atoms with Crippen LogP contribution in [0.2, 0.25) is 0 Å². The summed E-state index contributed by atoms with van der Waals surface area (Å²) in [7, 11) is 1.65. The van der Waals surface area contributed by atoms with Crippen molar-refractivity contribution >= 4 is 17.7 Å². The van der Waals surface area contributed by atoms with Gasteiger partial charge in [0.15, 0.2) is 0 Å². The molecular formula is C13H20N2O3S. The van der Waals surface area contributed by atoms with Crippen molar-refractivity contribution in [1.29, 1.82) is 0 Å². The molecule has 106 valence electrons. The molecule has 19 heavy (non-hydrogen) atoms. The van der Waals surface area contributed by atoms with Gasteiger partial charge in [-0.05, 0) is 24.8 Å². The average molecular weight is 284 g/mol. The van der Waals surface area contributed by atoms with Crippen molar-refractivity contribution in [3.63, 3.8) is 0 Å². The third-order valence-electron chi connectivity index (χ3n) is 2.76. The van der Waals surface area contributed by atoms with Gasteiger partial charge in [0.1, 0.15) is 5.03 Å². The standard InChI is InChI=1S/C13H20N2O3S/c1-4-9-10(5-2)14-15-12(11(9)13(16)17)19-8-6-7-18-3/h4-8H2,1-3H3,(H,16,17). The number of aromatic carboxylic acids is 1. The number of hydrogen-bond acceptors (Lipinski definition) is 5. The predicted octanol–water partition coefficient (Wildman–Crippen LogP) is 2.43. The average Bonchev–Trinajstić information content (AvgIpc) is 2.42. The van der Waals surface area contributed by atoms with Crippen LogP contribution in [-0.4, -0.2) is 40.7 Å². The highest BCUT2D eigenvalue weighted by molar-refractivity contribution is 7.99. The van der Waals surface area contributed by atoms with E-state index in [9.17, 15) is 9.90 Å². The maximum atomic E-state index is 11.5. The molecule has 0 amide bonds. The molecule has 1 rings (SSSR count). The van der Waals surface area contributed by atoms with Crippen LogP contribution in [0.4, 0.5) is 0 Å². The highest BCUT2D eigenvalue weighted by Gasteiger charge is 2.20. The molecule has 0 aliphatic rings. The van der Waals surface area contributed by atoms with Crippen molar-refractivity contribution in [3.8, 4) is 0 Å². The number of aromatic nitrogens is 2. The fraction of sp³-hybridized carbons (Fsp3) is 0.615. The van der Waals surface area contributed by atoms with Crippen LogP contribution in [0.15, 0.2) is 5.03 Å². The number of carboxylic acids is 1. The van der Waals surface area contributed by atoms with E-state index in [1.807, 2.05) is 13.8 Å². The smallest absolute Gasteiger partial charge is 0.338 e. The van der Waals surface area contributed by atoms with Gasteiger partial charge in [0.25, 0.3) is 0 Å². The molecule has 6 heteroatoms.